The molecule has 7 heavy (non-hydrogen) atoms. The van der Waals surface area contributed by atoms with Crippen LogP contribution in [0, 0.1) is 13.1 Å². The number of aromatic nitrogens is 3. The van der Waals surface area contributed by atoms with Crippen LogP contribution in [0.3, 0.4) is 0 Å². The summed E-state index contributed by atoms with van der Waals surface area (Å²) in [4.78, 5) is 3.59. The molecule has 1 radical (unpaired) electrons. The second-order valence-corrected chi connectivity index (χ2v) is 1.16. The van der Waals surface area contributed by atoms with Crippen molar-refractivity contribution < 1.29 is 0 Å². The molecule has 1 heterocycles. The summed E-state index contributed by atoms with van der Waals surface area (Å²) < 4.78 is 0. The highest BCUT2D eigenvalue weighted by atomic mass is 15.1. The second-order valence-electron chi connectivity index (χ2n) is 1.16. The molecule has 0 N–H and O–H groups in total. The lowest BCUT2D eigenvalue weighted by Gasteiger charge is -1.78. The standard InChI is InChI=1S/C4H4N3/c1-4-2-5-3-6-7-4/h3H,1H3. The van der Waals surface area contributed by atoms with Gasteiger partial charge in [-0.05, 0) is 6.92 Å². The molecule has 0 aliphatic rings. The average Bonchev–Trinajstić information content (AvgIpc) is 1.69. The third-order valence-corrected chi connectivity index (χ3v) is 0.543. The molecule has 3 nitrogen and oxygen atoms in total. The predicted octanol–water partition coefficient (Wildman–Crippen LogP) is -0.0198. The van der Waals surface area contributed by atoms with E-state index < -0.39 is 0 Å². The third-order valence-electron chi connectivity index (χ3n) is 0.543. The normalized spacial score (nSPS) is 8.71. The van der Waals surface area contributed by atoms with Crippen molar-refractivity contribution in [2.75, 3.05) is 0 Å². The molecular formula is C4H4N3. The van der Waals surface area contributed by atoms with E-state index in [0.717, 1.165) is 5.69 Å². The van der Waals surface area contributed by atoms with Crippen molar-refractivity contribution in [3.63, 3.8) is 0 Å². The molecule has 0 atom stereocenters. The summed E-state index contributed by atoms with van der Waals surface area (Å²) in [6.07, 6.45) is 3.96. The maximum atomic E-state index is 3.61. The fourth-order valence-corrected chi connectivity index (χ4v) is 0.283. The Morgan fingerprint density at radius 1 is 1.71 bits per heavy atom. The maximum Gasteiger partial charge on any atom is 0.138 e. The van der Waals surface area contributed by atoms with E-state index in [1.165, 1.54) is 6.33 Å². The lowest BCUT2D eigenvalue weighted by molar-refractivity contribution is 0.919. The Morgan fingerprint density at radius 2 is 2.57 bits per heavy atom. The highest BCUT2D eigenvalue weighted by Crippen LogP contribution is 1.76. The van der Waals surface area contributed by atoms with Gasteiger partial charge in [-0.3, -0.25) is 0 Å². The van der Waals surface area contributed by atoms with Crippen molar-refractivity contribution in [3.8, 4) is 0 Å². The smallest absolute Gasteiger partial charge is 0.138 e. The monoisotopic (exact) mass is 94.0 g/mol. The first-order valence-electron chi connectivity index (χ1n) is 1.91. The molecule has 0 spiro atoms. The molecule has 3 heteroatoms. The molecule has 0 aromatic carbocycles. The molecule has 0 aliphatic heterocycles. The van der Waals surface area contributed by atoms with Gasteiger partial charge in [0.15, 0.2) is 0 Å². The molecule has 1 aromatic rings. The molecule has 0 unspecified atom stereocenters. The number of aryl methyl sites for hydroxylation is 1. The van der Waals surface area contributed by atoms with E-state index >= 15 is 0 Å². The fourth-order valence-electron chi connectivity index (χ4n) is 0.283. The topological polar surface area (TPSA) is 38.7 Å². The van der Waals surface area contributed by atoms with Crippen LogP contribution in [0.4, 0.5) is 0 Å². The molecular weight excluding hydrogens is 90.1 g/mol. The Kier molecular flexibility index (Phi) is 0.978. The van der Waals surface area contributed by atoms with Gasteiger partial charge in [0.05, 0.1) is 5.69 Å². The van der Waals surface area contributed by atoms with E-state index in [0.29, 0.717) is 0 Å². The lowest BCUT2D eigenvalue weighted by Crippen LogP contribution is -1.84. The number of hydrogen-bond acceptors (Lipinski definition) is 3. The van der Waals surface area contributed by atoms with Gasteiger partial charge in [-0.1, -0.05) is 0 Å². The Labute approximate surface area is 41.4 Å². The summed E-state index contributed by atoms with van der Waals surface area (Å²) in [7, 11) is 0. The first-order chi connectivity index (χ1) is 3.39. The Hall–Kier alpha value is -0.990. The van der Waals surface area contributed by atoms with Crippen LogP contribution in [0.5, 0.6) is 0 Å². The molecule has 0 saturated carbocycles. The van der Waals surface area contributed by atoms with Gasteiger partial charge in [-0.2, -0.15) is 5.10 Å². The van der Waals surface area contributed by atoms with Crippen LogP contribution in [-0.2, 0) is 0 Å². The van der Waals surface area contributed by atoms with Crippen molar-refractivity contribution in [1.29, 1.82) is 0 Å². The zero-order valence-corrected chi connectivity index (χ0v) is 3.92. The zero-order valence-electron chi connectivity index (χ0n) is 3.92. The van der Waals surface area contributed by atoms with Gasteiger partial charge in [-0.25, -0.2) is 4.98 Å². The summed E-state index contributed by atoms with van der Waals surface area (Å²) in [5.74, 6) is 0. The maximum absolute atomic E-state index is 3.61. The Morgan fingerprint density at radius 3 is 2.86 bits per heavy atom. The van der Waals surface area contributed by atoms with Crippen LogP contribution in [-0.4, -0.2) is 15.2 Å². The fraction of sp³-hybridized carbons (Fsp3) is 0.250. The van der Waals surface area contributed by atoms with Crippen LogP contribution >= 0.6 is 0 Å². The largest absolute Gasteiger partial charge is 0.231 e. The molecule has 35 valence electrons. The van der Waals surface area contributed by atoms with Crippen molar-refractivity contribution in [1.82, 2.24) is 15.2 Å². The van der Waals surface area contributed by atoms with Gasteiger partial charge in [0.25, 0.3) is 0 Å². The summed E-state index contributed by atoms with van der Waals surface area (Å²) in [6, 6.07) is 0. The molecule has 1 rings (SSSR count). The molecule has 0 saturated heterocycles. The summed E-state index contributed by atoms with van der Waals surface area (Å²) >= 11 is 0. The molecule has 1 aromatic heterocycles. The minimum Gasteiger partial charge on any atom is -0.231 e. The molecule has 0 amide bonds. The second kappa shape index (κ2) is 1.64. The van der Waals surface area contributed by atoms with Crippen molar-refractivity contribution in [2.24, 2.45) is 0 Å². The van der Waals surface area contributed by atoms with Crippen molar-refractivity contribution in [3.05, 3.63) is 18.2 Å². The van der Waals surface area contributed by atoms with E-state index in [4.69, 9.17) is 0 Å². The van der Waals surface area contributed by atoms with Crippen LogP contribution in [0.2, 0.25) is 0 Å². The quantitative estimate of drug-likeness (QED) is 0.453. The number of hydrogen-bond donors (Lipinski definition) is 0. The van der Waals surface area contributed by atoms with Crippen molar-refractivity contribution >= 4 is 0 Å². The average molecular weight is 94.1 g/mol. The van der Waals surface area contributed by atoms with E-state index in [2.05, 4.69) is 21.4 Å². The van der Waals surface area contributed by atoms with Gasteiger partial charge in [0.1, 0.15) is 12.5 Å². The number of nitrogens with zero attached hydrogens (tertiary/aromatic N) is 3. The van der Waals surface area contributed by atoms with Crippen LogP contribution in [0.15, 0.2) is 6.33 Å². The van der Waals surface area contributed by atoms with Crippen LogP contribution in [0.1, 0.15) is 5.69 Å². The SMILES string of the molecule is Cc1[c]ncnn1. The summed E-state index contributed by atoms with van der Waals surface area (Å²) in [5.41, 5.74) is 0.725. The van der Waals surface area contributed by atoms with E-state index in [1.807, 2.05) is 0 Å². The molecule has 0 aliphatic carbocycles. The van der Waals surface area contributed by atoms with Crippen LogP contribution < -0.4 is 0 Å². The zero-order chi connectivity index (χ0) is 5.11. The van der Waals surface area contributed by atoms with Crippen molar-refractivity contribution in [2.45, 2.75) is 6.92 Å². The van der Waals surface area contributed by atoms with E-state index in [1.54, 1.807) is 6.92 Å². The first kappa shape index (κ1) is 4.18. The van der Waals surface area contributed by atoms with Gasteiger partial charge in [0, 0.05) is 0 Å². The van der Waals surface area contributed by atoms with Crippen LogP contribution in [0.25, 0.3) is 0 Å². The van der Waals surface area contributed by atoms with Gasteiger partial charge in [-0.15, -0.1) is 5.10 Å². The Bertz CT molecular complexity index is 137. The number of rotatable bonds is 0. The summed E-state index contributed by atoms with van der Waals surface area (Å²) in [6.45, 7) is 1.79. The highest BCUT2D eigenvalue weighted by Gasteiger charge is 1.77. The first-order valence-corrected chi connectivity index (χ1v) is 1.91. The third kappa shape index (κ3) is 0.924. The molecule has 0 bridgehead atoms. The van der Waals surface area contributed by atoms with Gasteiger partial charge >= 0.3 is 0 Å². The molecule has 0 fully saturated rings. The lowest BCUT2D eigenvalue weighted by atomic mass is 10.6. The van der Waals surface area contributed by atoms with E-state index in [-0.39, 0.29) is 0 Å². The minimum absolute atomic E-state index is 0.725. The Balaban J connectivity index is 3.02. The predicted molar refractivity (Wildman–Crippen MR) is 23.4 cm³/mol. The van der Waals surface area contributed by atoms with Gasteiger partial charge < -0.3 is 0 Å². The van der Waals surface area contributed by atoms with Gasteiger partial charge in [0.2, 0.25) is 0 Å². The summed E-state index contributed by atoms with van der Waals surface area (Å²) in [5, 5.41) is 7.10. The highest BCUT2D eigenvalue weighted by molar-refractivity contribution is 4.81. The minimum atomic E-state index is 0.725. The van der Waals surface area contributed by atoms with E-state index in [9.17, 15) is 0 Å².